The van der Waals surface area contributed by atoms with Crippen LogP contribution in [0.5, 0.6) is 0 Å². The fourth-order valence-electron chi connectivity index (χ4n) is 3.36. The average Bonchev–Trinajstić information content (AvgIpc) is 3.48. The van der Waals surface area contributed by atoms with Crippen LogP contribution in [0.3, 0.4) is 0 Å². The van der Waals surface area contributed by atoms with E-state index in [2.05, 4.69) is 20.4 Å². The molecule has 156 valence electrons. The molecule has 1 saturated carbocycles. The van der Waals surface area contributed by atoms with E-state index < -0.39 is 5.82 Å². The molecule has 1 aliphatic rings. The highest BCUT2D eigenvalue weighted by Gasteiger charge is 2.32. The first-order valence-corrected chi connectivity index (χ1v) is 9.84. The lowest BCUT2D eigenvalue weighted by molar-refractivity contribution is -0.117. The third-order valence-corrected chi connectivity index (χ3v) is 5.00. The fraction of sp³-hybridized carbons (Fsp3) is 0.333. The Morgan fingerprint density at radius 3 is 2.60 bits per heavy atom. The highest BCUT2D eigenvalue weighted by atomic mass is 19.1. The van der Waals surface area contributed by atoms with E-state index in [0.717, 1.165) is 29.5 Å². The van der Waals surface area contributed by atoms with Gasteiger partial charge in [-0.2, -0.15) is 9.49 Å². The molecule has 0 bridgehead atoms. The van der Waals surface area contributed by atoms with Gasteiger partial charge in [0.15, 0.2) is 11.6 Å². The monoisotopic (exact) mass is 409 g/mol. The summed E-state index contributed by atoms with van der Waals surface area (Å²) in [6.07, 6.45) is 7.33. The maximum Gasteiger partial charge on any atom is 0.221 e. The van der Waals surface area contributed by atoms with E-state index in [-0.39, 0.29) is 24.2 Å². The van der Waals surface area contributed by atoms with Gasteiger partial charge in [-0.15, -0.1) is 0 Å². The van der Waals surface area contributed by atoms with Gasteiger partial charge in [0.25, 0.3) is 0 Å². The molecule has 1 aliphatic carbocycles. The van der Waals surface area contributed by atoms with Crippen molar-refractivity contribution in [2.45, 2.75) is 38.4 Å². The topological polar surface area (TPSA) is 102 Å². The van der Waals surface area contributed by atoms with Crippen LogP contribution in [0.2, 0.25) is 0 Å². The summed E-state index contributed by atoms with van der Waals surface area (Å²) >= 11 is 0. The Morgan fingerprint density at radius 1 is 1.23 bits per heavy atom. The molecule has 1 fully saturated rings. The number of nitrogens with one attached hydrogen (secondary N) is 1. The Morgan fingerprint density at radius 2 is 1.97 bits per heavy atom. The summed E-state index contributed by atoms with van der Waals surface area (Å²) in [5, 5.41) is 7.24. The minimum Gasteiger partial charge on any atom is -0.369 e. The number of benzene rings is 1. The van der Waals surface area contributed by atoms with E-state index in [1.165, 1.54) is 6.33 Å². The van der Waals surface area contributed by atoms with Crippen LogP contribution in [-0.2, 0) is 31.4 Å². The smallest absolute Gasteiger partial charge is 0.221 e. The van der Waals surface area contributed by atoms with E-state index in [1.54, 1.807) is 10.9 Å². The van der Waals surface area contributed by atoms with Crippen LogP contribution >= 0.6 is 0 Å². The maximum absolute atomic E-state index is 15.2. The maximum atomic E-state index is 15.2. The number of aryl methyl sites for hydroxylation is 1. The first kappa shape index (κ1) is 19.8. The van der Waals surface area contributed by atoms with Crippen molar-refractivity contribution in [2.75, 3.05) is 10.2 Å². The van der Waals surface area contributed by atoms with Gasteiger partial charge in [-0.3, -0.25) is 9.48 Å². The number of amides is 1. The Balaban J connectivity index is 1.47. The highest BCUT2D eigenvalue weighted by molar-refractivity contribution is 5.76. The van der Waals surface area contributed by atoms with Crippen molar-refractivity contribution in [3.8, 4) is 0 Å². The number of halogens is 1. The van der Waals surface area contributed by atoms with Crippen LogP contribution in [-0.4, -0.2) is 31.7 Å². The van der Waals surface area contributed by atoms with E-state index >= 15 is 4.39 Å². The van der Waals surface area contributed by atoms with Crippen LogP contribution in [0.25, 0.3) is 0 Å². The van der Waals surface area contributed by atoms with Crippen LogP contribution in [0.4, 0.5) is 16.0 Å². The van der Waals surface area contributed by atoms with Gasteiger partial charge < -0.3 is 16.0 Å². The SMILES string of the molecule is Cn1cc(CN(c2ncnc(NCc3ccc(CC(N)=O)cc3)c2F)C2CC2)cn1. The number of carbonyl (C=O) groups is 1. The normalized spacial score (nSPS) is 13.3. The van der Waals surface area contributed by atoms with Gasteiger partial charge in [0.2, 0.25) is 11.7 Å². The zero-order chi connectivity index (χ0) is 21.1. The highest BCUT2D eigenvalue weighted by Crippen LogP contribution is 2.34. The zero-order valence-electron chi connectivity index (χ0n) is 16.8. The van der Waals surface area contributed by atoms with Crippen molar-refractivity contribution in [1.82, 2.24) is 19.7 Å². The molecule has 0 unspecified atom stereocenters. The van der Waals surface area contributed by atoms with E-state index in [0.29, 0.717) is 18.9 Å². The van der Waals surface area contributed by atoms with E-state index in [9.17, 15) is 4.79 Å². The number of nitrogens with zero attached hydrogens (tertiary/aromatic N) is 5. The second kappa shape index (κ2) is 8.48. The average molecular weight is 409 g/mol. The minimum absolute atomic E-state index is 0.165. The van der Waals surface area contributed by atoms with E-state index in [4.69, 9.17) is 5.73 Å². The summed E-state index contributed by atoms with van der Waals surface area (Å²) in [6, 6.07) is 7.72. The molecule has 0 atom stereocenters. The number of hydrogen-bond acceptors (Lipinski definition) is 6. The fourth-order valence-corrected chi connectivity index (χ4v) is 3.36. The molecule has 2 heterocycles. The lowest BCUT2D eigenvalue weighted by Gasteiger charge is -2.23. The Hall–Kier alpha value is -3.49. The number of rotatable bonds is 9. The molecule has 4 rings (SSSR count). The molecule has 0 spiro atoms. The third-order valence-electron chi connectivity index (χ3n) is 5.00. The summed E-state index contributed by atoms with van der Waals surface area (Å²) in [4.78, 5) is 21.3. The van der Waals surface area contributed by atoms with Crippen LogP contribution in [0, 0.1) is 5.82 Å². The van der Waals surface area contributed by atoms with Crippen LogP contribution in [0.15, 0.2) is 43.0 Å². The second-order valence-corrected chi connectivity index (χ2v) is 7.55. The molecular weight excluding hydrogens is 385 g/mol. The summed E-state index contributed by atoms with van der Waals surface area (Å²) in [7, 11) is 1.86. The summed E-state index contributed by atoms with van der Waals surface area (Å²) in [6.45, 7) is 0.948. The Labute approximate surface area is 173 Å². The first-order chi connectivity index (χ1) is 14.5. The predicted molar refractivity (Wildman–Crippen MR) is 111 cm³/mol. The molecule has 3 N–H and O–H groups in total. The standard InChI is InChI=1S/C21H24FN7O/c1-28-11-16(10-27-28)12-29(17-6-7-17)21-19(22)20(25-13-26-21)24-9-15-4-2-14(3-5-15)8-18(23)30/h2-5,10-11,13,17H,6-9,12H2,1H3,(H2,23,30)(H,24,25,26). The van der Waals surface area contributed by atoms with Crippen LogP contribution < -0.4 is 16.0 Å². The molecule has 8 nitrogen and oxygen atoms in total. The molecule has 3 aromatic rings. The first-order valence-electron chi connectivity index (χ1n) is 9.84. The van der Waals surface area contributed by atoms with Gasteiger partial charge in [0.1, 0.15) is 6.33 Å². The number of anilines is 2. The minimum atomic E-state index is -0.460. The quantitative estimate of drug-likeness (QED) is 0.562. The largest absolute Gasteiger partial charge is 0.369 e. The lowest BCUT2D eigenvalue weighted by atomic mass is 10.1. The lowest BCUT2D eigenvalue weighted by Crippen LogP contribution is -2.27. The van der Waals surface area contributed by atoms with Crippen molar-refractivity contribution < 1.29 is 9.18 Å². The van der Waals surface area contributed by atoms with Crippen molar-refractivity contribution in [2.24, 2.45) is 12.8 Å². The molecule has 30 heavy (non-hydrogen) atoms. The summed E-state index contributed by atoms with van der Waals surface area (Å²) < 4.78 is 17.0. The summed E-state index contributed by atoms with van der Waals surface area (Å²) in [5.74, 6) is -0.365. The van der Waals surface area contributed by atoms with Gasteiger partial charge in [0.05, 0.1) is 12.6 Å². The second-order valence-electron chi connectivity index (χ2n) is 7.55. The molecule has 0 saturated heterocycles. The van der Waals surface area contributed by atoms with Crippen molar-refractivity contribution >= 4 is 17.5 Å². The Kier molecular flexibility index (Phi) is 5.60. The van der Waals surface area contributed by atoms with E-state index in [1.807, 2.05) is 42.4 Å². The zero-order valence-corrected chi connectivity index (χ0v) is 16.8. The predicted octanol–water partition coefficient (Wildman–Crippen LogP) is 2.16. The molecule has 1 aromatic carbocycles. The number of carbonyl (C=O) groups excluding carboxylic acids is 1. The molecule has 9 heteroatoms. The number of nitrogens with two attached hydrogens (primary N) is 1. The van der Waals surface area contributed by atoms with Gasteiger partial charge in [-0.05, 0) is 24.0 Å². The van der Waals surface area contributed by atoms with Gasteiger partial charge >= 0.3 is 0 Å². The molecule has 0 radical (unpaired) electrons. The molecule has 1 amide bonds. The van der Waals surface area contributed by atoms with Crippen LogP contribution in [0.1, 0.15) is 29.5 Å². The molecular formula is C21H24FN7O. The number of primary amides is 1. The van der Waals surface area contributed by atoms with Crippen molar-refractivity contribution in [3.05, 3.63) is 65.5 Å². The number of hydrogen-bond donors (Lipinski definition) is 2. The summed E-state index contributed by atoms with van der Waals surface area (Å²) in [5.41, 5.74) is 8.01. The third kappa shape index (κ3) is 4.73. The van der Waals surface area contributed by atoms with Gasteiger partial charge in [-0.1, -0.05) is 24.3 Å². The van der Waals surface area contributed by atoms with Gasteiger partial charge in [-0.25, -0.2) is 9.97 Å². The van der Waals surface area contributed by atoms with Crippen molar-refractivity contribution in [1.29, 1.82) is 0 Å². The Bertz CT molecular complexity index is 1030. The van der Waals surface area contributed by atoms with Crippen molar-refractivity contribution in [3.63, 3.8) is 0 Å². The van der Waals surface area contributed by atoms with Gasteiger partial charge in [0, 0.05) is 37.9 Å². The molecule has 0 aliphatic heterocycles. The number of aromatic nitrogens is 4. The molecule has 2 aromatic heterocycles.